The molecule has 1 aromatic carbocycles. The van der Waals surface area contributed by atoms with Crippen molar-refractivity contribution >= 4 is 22.9 Å². The average molecular weight is 441 g/mol. The highest BCUT2D eigenvalue weighted by Gasteiger charge is 2.25. The van der Waals surface area contributed by atoms with Crippen LogP contribution < -0.4 is 11.4 Å². The van der Waals surface area contributed by atoms with E-state index in [0.717, 1.165) is 16.7 Å². The van der Waals surface area contributed by atoms with Crippen LogP contribution in [-0.2, 0) is 13.1 Å². The minimum absolute atomic E-state index is 0.0367. The maximum Gasteiger partial charge on any atom is 0.330 e. The molecule has 0 saturated heterocycles. The standard InChI is InChI=1S/C21H17F2N5O4/c1-3-27-20-17(16(18(24)30)25-19(26-20)15-7-4-10(2)32-15)28(21(27)31)9-14(29)12-6-5-11(22)8-13(12)23/h4-8H,3,9H2,1-2H3,(H2,24,30). The number of hydrogen-bond donors (Lipinski definition) is 1. The summed E-state index contributed by atoms with van der Waals surface area (Å²) < 4.78 is 35.0. The summed E-state index contributed by atoms with van der Waals surface area (Å²) in [5.41, 5.74) is 4.16. The van der Waals surface area contributed by atoms with Gasteiger partial charge >= 0.3 is 5.69 Å². The lowest BCUT2D eigenvalue weighted by atomic mass is 10.1. The van der Waals surface area contributed by atoms with Gasteiger partial charge in [-0.05, 0) is 38.1 Å². The Morgan fingerprint density at radius 3 is 2.47 bits per heavy atom. The Labute approximate surface area is 179 Å². The number of carbonyl (C=O) groups excluding carboxylic acids is 2. The predicted molar refractivity (Wildman–Crippen MR) is 109 cm³/mol. The zero-order valence-corrected chi connectivity index (χ0v) is 17.1. The van der Waals surface area contributed by atoms with Gasteiger partial charge in [-0.15, -0.1) is 0 Å². The SMILES string of the molecule is CCn1c(=O)n(CC(=O)c2ccc(F)cc2F)c2c(C(N)=O)nc(-c3ccc(C)o3)nc21. The van der Waals surface area contributed by atoms with Gasteiger partial charge in [0, 0.05) is 12.6 Å². The lowest BCUT2D eigenvalue weighted by Gasteiger charge is -2.07. The van der Waals surface area contributed by atoms with Crippen LogP contribution in [0.3, 0.4) is 0 Å². The van der Waals surface area contributed by atoms with Crippen LogP contribution in [0.15, 0.2) is 39.5 Å². The molecule has 32 heavy (non-hydrogen) atoms. The molecule has 3 heterocycles. The lowest BCUT2D eigenvalue weighted by Crippen LogP contribution is -2.27. The van der Waals surface area contributed by atoms with Crippen LogP contribution in [0.5, 0.6) is 0 Å². The zero-order chi connectivity index (χ0) is 23.2. The Kier molecular flexibility index (Phi) is 5.17. The molecular formula is C21H17F2N5O4. The predicted octanol–water partition coefficient (Wildman–Crippen LogP) is 2.44. The number of primary amides is 1. The van der Waals surface area contributed by atoms with Crippen molar-refractivity contribution in [3.63, 3.8) is 0 Å². The van der Waals surface area contributed by atoms with Crippen LogP contribution in [-0.4, -0.2) is 30.8 Å². The zero-order valence-electron chi connectivity index (χ0n) is 17.1. The average Bonchev–Trinajstić information content (AvgIpc) is 3.28. The summed E-state index contributed by atoms with van der Waals surface area (Å²) in [6.45, 7) is 2.92. The topological polar surface area (TPSA) is 126 Å². The highest BCUT2D eigenvalue weighted by Crippen LogP contribution is 2.23. The summed E-state index contributed by atoms with van der Waals surface area (Å²) >= 11 is 0. The molecule has 2 N–H and O–H groups in total. The van der Waals surface area contributed by atoms with E-state index in [1.165, 1.54) is 4.57 Å². The maximum atomic E-state index is 14.1. The summed E-state index contributed by atoms with van der Waals surface area (Å²) in [7, 11) is 0. The summed E-state index contributed by atoms with van der Waals surface area (Å²) in [6, 6.07) is 5.78. The minimum atomic E-state index is -1.07. The molecular weight excluding hydrogens is 424 g/mol. The number of carbonyl (C=O) groups is 2. The van der Waals surface area contributed by atoms with Crippen molar-refractivity contribution in [1.29, 1.82) is 0 Å². The van der Waals surface area contributed by atoms with E-state index in [1.807, 2.05) is 0 Å². The Balaban J connectivity index is 1.93. The molecule has 0 aliphatic rings. The van der Waals surface area contributed by atoms with Crippen LogP contribution in [0.25, 0.3) is 22.7 Å². The molecule has 11 heteroatoms. The largest absolute Gasteiger partial charge is 0.458 e. The van der Waals surface area contributed by atoms with Crippen LogP contribution in [0.2, 0.25) is 0 Å². The molecule has 164 valence electrons. The molecule has 0 aliphatic heterocycles. The van der Waals surface area contributed by atoms with Gasteiger partial charge in [0.05, 0.1) is 12.1 Å². The number of imidazole rings is 1. The van der Waals surface area contributed by atoms with E-state index in [9.17, 15) is 23.2 Å². The third-order valence-electron chi connectivity index (χ3n) is 4.90. The highest BCUT2D eigenvalue weighted by atomic mass is 19.1. The number of rotatable bonds is 6. The molecule has 1 amide bonds. The summed E-state index contributed by atoms with van der Waals surface area (Å²) in [5.74, 6) is -2.78. The first-order chi connectivity index (χ1) is 15.2. The van der Waals surface area contributed by atoms with Crippen molar-refractivity contribution < 1.29 is 22.8 Å². The molecule has 0 atom stereocenters. The van der Waals surface area contributed by atoms with Gasteiger partial charge in [-0.1, -0.05) is 0 Å². The monoisotopic (exact) mass is 441 g/mol. The van der Waals surface area contributed by atoms with Gasteiger partial charge in [0.2, 0.25) is 0 Å². The van der Waals surface area contributed by atoms with Crippen molar-refractivity contribution in [2.45, 2.75) is 26.9 Å². The second kappa shape index (κ2) is 7.84. The first kappa shape index (κ1) is 21.1. The second-order valence-corrected chi connectivity index (χ2v) is 7.00. The van der Waals surface area contributed by atoms with Gasteiger partial charge in [-0.25, -0.2) is 23.5 Å². The van der Waals surface area contributed by atoms with Crippen LogP contribution in [0, 0.1) is 18.6 Å². The quantitative estimate of drug-likeness (QED) is 0.458. The number of ketones is 1. The molecule has 4 rings (SSSR count). The fraction of sp³-hybridized carbons (Fsp3) is 0.190. The normalized spacial score (nSPS) is 11.2. The highest BCUT2D eigenvalue weighted by molar-refractivity contribution is 6.03. The number of Topliss-reactive ketones (excluding diaryl/α,β-unsaturated/α-hetero) is 1. The molecule has 9 nitrogen and oxygen atoms in total. The number of hydrogen-bond acceptors (Lipinski definition) is 6. The van der Waals surface area contributed by atoms with Gasteiger partial charge in [-0.3, -0.25) is 18.7 Å². The smallest absolute Gasteiger partial charge is 0.330 e. The fourth-order valence-corrected chi connectivity index (χ4v) is 3.42. The van der Waals surface area contributed by atoms with E-state index in [-0.39, 0.29) is 35.0 Å². The lowest BCUT2D eigenvalue weighted by molar-refractivity contribution is 0.0962. The van der Waals surface area contributed by atoms with E-state index in [2.05, 4.69) is 9.97 Å². The van der Waals surface area contributed by atoms with Crippen molar-refractivity contribution in [3.05, 3.63) is 69.5 Å². The number of amides is 1. The number of furan rings is 1. The third-order valence-corrected chi connectivity index (χ3v) is 4.90. The van der Waals surface area contributed by atoms with Crippen molar-refractivity contribution in [1.82, 2.24) is 19.1 Å². The van der Waals surface area contributed by atoms with Crippen LogP contribution >= 0.6 is 0 Å². The minimum Gasteiger partial charge on any atom is -0.458 e. The molecule has 0 spiro atoms. The molecule has 3 aromatic heterocycles. The number of halogens is 2. The molecule has 0 bridgehead atoms. The van der Waals surface area contributed by atoms with Gasteiger partial charge in [-0.2, -0.15) is 0 Å². The number of nitrogens with zero attached hydrogens (tertiary/aromatic N) is 4. The van der Waals surface area contributed by atoms with Gasteiger partial charge in [0.1, 0.15) is 22.9 Å². The van der Waals surface area contributed by atoms with Gasteiger partial charge in [0.15, 0.2) is 28.7 Å². The Bertz CT molecular complexity index is 1450. The molecule has 0 saturated carbocycles. The Morgan fingerprint density at radius 2 is 1.88 bits per heavy atom. The van der Waals surface area contributed by atoms with Crippen molar-refractivity contribution in [2.75, 3.05) is 0 Å². The maximum absolute atomic E-state index is 14.1. The van der Waals surface area contributed by atoms with Gasteiger partial charge < -0.3 is 10.2 Å². The number of fused-ring (bicyclic) bond motifs is 1. The first-order valence-electron chi connectivity index (χ1n) is 9.57. The van der Waals surface area contributed by atoms with Crippen molar-refractivity contribution in [2.24, 2.45) is 5.73 Å². The Hall–Kier alpha value is -4.15. The molecule has 0 fully saturated rings. The summed E-state index contributed by atoms with van der Waals surface area (Å²) in [4.78, 5) is 46.5. The number of benzene rings is 1. The van der Waals surface area contributed by atoms with Crippen LogP contribution in [0.4, 0.5) is 8.78 Å². The second-order valence-electron chi connectivity index (χ2n) is 7.00. The fourth-order valence-electron chi connectivity index (χ4n) is 3.42. The molecule has 0 radical (unpaired) electrons. The number of aromatic nitrogens is 4. The van der Waals surface area contributed by atoms with E-state index in [4.69, 9.17) is 10.2 Å². The van der Waals surface area contributed by atoms with E-state index in [1.54, 1.807) is 26.0 Å². The van der Waals surface area contributed by atoms with Crippen molar-refractivity contribution in [3.8, 4) is 11.6 Å². The first-order valence-corrected chi connectivity index (χ1v) is 9.57. The number of nitrogens with two attached hydrogens (primary N) is 1. The molecule has 0 aliphatic carbocycles. The summed E-state index contributed by atoms with van der Waals surface area (Å²) in [5, 5.41) is 0. The molecule has 4 aromatic rings. The van der Waals surface area contributed by atoms with E-state index >= 15 is 0 Å². The van der Waals surface area contributed by atoms with Crippen LogP contribution in [0.1, 0.15) is 33.5 Å². The van der Waals surface area contributed by atoms with E-state index < -0.39 is 41.1 Å². The summed E-state index contributed by atoms with van der Waals surface area (Å²) in [6.07, 6.45) is 0. The number of aryl methyl sites for hydroxylation is 2. The van der Waals surface area contributed by atoms with E-state index in [0.29, 0.717) is 11.8 Å². The Morgan fingerprint density at radius 1 is 1.12 bits per heavy atom. The van der Waals surface area contributed by atoms with Gasteiger partial charge in [0.25, 0.3) is 5.91 Å². The third kappa shape index (κ3) is 3.47. The molecule has 0 unspecified atom stereocenters.